The number of rotatable bonds is 3. The first-order chi connectivity index (χ1) is 12.7. The third-order valence-electron chi connectivity index (χ3n) is 4.53. The molecule has 0 unspecified atom stereocenters. The molecule has 0 N–H and O–H groups in total. The molecule has 0 atom stereocenters. The fourth-order valence-electron chi connectivity index (χ4n) is 3.03. The molecule has 1 aliphatic rings. The van der Waals surface area contributed by atoms with Crippen LogP contribution in [0, 0.1) is 5.82 Å². The number of anilines is 1. The molecule has 0 bridgehead atoms. The van der Waals surface area contributed by atoms with Crippen LogP contribution >= 0.6 is 11.6 Å². The van der Waals surface area contributed by atoms with Crippen LogP contribution in [-0.2, 0) is 17.4 Å². The Kier molecular flexibility index (Phi) is 5.60. The minimum atomic E-state index is -4.39. The first-order valence-corrected chi connectivity index (χ1v) is 8.76. The molecule has 2 aromatic rings. The van der Waals surface area contributed by atoms with Gasteiger partial charge in [-0.1, -0.05) is 23.7 Å². The smallest absolute Gasteiger partial charge is 0.368 e. The van der Waals surface area contributed by atoms with Crippen molar-refractivity contribution in [3.05, 3.63) is 64.4 Å². The van der Waals surface area contributed by atoms with Gasteiger partial charge >= 0.3 is 6.18 Å². The van der Waals surface area contributed by atoms with Gasteiger partial charge in [-0.15, -0.1) is 0 Å². The van der Waals surface area contributed by atoms with Crippen molar-refractivity contribution >= 4 is 23.2 Å². The van der Waals surface area contributed by atoms with Crippen LogP contribution in [0.1, 0.15) is 11.1 Å². The average Bonchev–Trinajstić information content (AvgIpc) is 2.63. The van der Waals surface area contributed by atoms with Crippen molar-refractivity contribution in [1.29, 1.82) is 0 Å². The van der Waals surface area contributed by atoms with Crippen molar-refractivity contribution in [3.63, 3.8) is 0 Å². The largest absolute Gasteiger partial charge is 0.416 e. The topological polar surface area (TPSA) is 23.6 Å². The van der Waals surface area contributed by atoms with E-state index in [0.717, 1.165) is 18.2 Å². The van der Waals surface area contributed by atoms with Crippen LogP contribution in [0.25, 0.3) is 0 Å². The van der Waals surface area contributed by atoms with E-state index in [1.165, 1.54) is 18.2 Å². The molecule has 0 radical (unpaired) electrons. The fraction of sp³-hybridized carbons (Fsp3) is 0.316. The summed E-state index contributed by atoms with van der Waals surface area (Å²) in [6, 6.07) is 9.31. The van der Waals surface area contributed by atoms with E-state index >= 15 is 0 Å². The molecular formula is C19H17ClF4N2O. The van der Waals surface area contributed by atoms with Crippen molar-refractivity contribution in [1.82, 2.24) is 4.90 Å². The molecular weight excluding hydrogens is 384 g/mol. The Morgan fingerprint density at radius 3 is 2.37 bits per heavy atom. The van der Waals surface area contributed by atoms with E-state index in [9.17, 15) is 22.4 Å². The van der Waals surface area contributed by atoms with E-state index < -0.39 is 17.6 Å². The van der Waals surface area contributed by atoms with Crippen molar-refractivity contribution < 1.29 is 22.4 Å². The summed E-state index contributed by atoms with van der Waals surface area (Å²) in [4.78, 5) is 15.8. The van der Waals surface area contributed by atoms with Crippen molar-refractivity contribution in [3.8, 4) is 0 Å². The van der Waals surface area contributed by atoms with Crippen LogP contribution in [0.15, 0.2) is 42.5 Å². The van der Waals surface area contributed by atoms with Crippen molar-refractivity contribution in [2.45, 2.75) is 12.6 Å². The van der Waals surface area contributed by atoms with Gasteiger partial charge in [0.1, 0.15) is 5.82 Å². The third-order valence-corrected chi connectivity index (χ3v) is 4.76. The van der Waals surface area contributed by atoms with Crippen LogP contribution < -0.4 is 4.90 Å². The van der Waals surface area contributed by atoms with Crippen LogP contribution in [0.3, 0.4) is 0 Å². The molecule has 0 aromatic heterocycles. The van der Waals surface area contributed by atoms with Crippen LogP contribution in [0.2, 0.25) is 5.02 Å². The third kappa shape index (κ3) is 4.71. The van der Waals surface area contributed by atoms with E-state index in [1.807, 2.05) is 4.90 Å². The Morgan fingerprint density at radius 1 is 1.04 bits per heavy atom. The Labute approximate surface area is 159 Å². The number of amides is 1. The first-order valence-electron chi connectivity index (χ1n) is 8.38. The summed E-state index contributed by atoms with van der Waals surface area (Å²) >= 11 is 5.70. The zero-order valence-electron chi connectivity index (χ0n) is 14.3. The highest BCUT2D eigenvalue weighted by atomic mass is 35.5. The van der Waals surface area contributed by atoms with Gasteiger partial charge in [0.05, 0.1) is 12.0 Å². The quantitative estimate of drug-likeness (QED) is 0.713. The zero-order chi connectivity index (χ0) is 19.6. The highest BCUT2D eigenvalue weighted by Gasteiger charge is 2.31. The summed E-state index contributed by atoms with van der Waals surface area (Å²) in [6.07, 6.45) is -4.47. The van der Waals surface area contributed by atoms with E-state index in [2.05, 4.69) is 0 Å². The normalized spacial score (nSPS) is 15.1. The summed E-state index contributed by atoms with van der Waals surface area (Å²) in [5, 5.41) is 0.262. The molecule has 3 rings (SSSR count). The van der Waals surface area contributed by atoms with E-state index in [1.54, 1.807) is 11.0 Å². The lowest BCUT2D eigenvalue weighted by molar-refractivity contribution is -0.137. The Morgan fingerprint density at radius 2 is 1.74 bits per heavy atom. The second-order valence-corrected chi connectivity index (χ2v) is 6.76. The molecule has 2 aromatic carbocycles. The molecule has 144 valence electrons. The predicted octanol–water partition coefficient (Wildman–Crippen LogP) is 4.39. The number of halogens is 5. The van der Waals surface area contributed by atoms with Gasteiger partial charge in [-0.3, -0.25) is 4.79 Å². The molecule has 1 heterocycles. The highest BCUT2D eigenvalue weighted by Crippen LogP contribution is 2.31. The second-order valence-electron chi connectivity index (χ2n) is 6.33. The summed E-state index contributed by atoms with van der Waals surface area (Å²) in [5.74, 6) is -0.752. The molecule has 27 heavy (non-hydrogen) atoms. The minimum Gasteiger partial charge on any atom is -0.368 e. The molecule has 0 saturated carbocycles. The number of piperazine rings is 1. The maximum absolute atomic E-state index is 13.8. The Hall–Kier alpha value is -2.28. The molecule has 0 aliphatic carbocycles. The number of alkyl halides is 3. The van der Waals surface area contributed by atoms with Gasteiger partial charge in [-0.05, 0) is 35.9 Å². The van der Waals surface area contributed by atoms with Crippen LogP contribution in [-0.4, -0.2) is 37.0 Å². The van der Waals surface area contributed by atoms with Gasteiger partial charge in [-0.2, -0.15) is 13.2 Å². The maximum atomic E-state index is 13.8. The van der Waals surface area contributed by atoms with Gasteiger partial charge in [0.25, 0.3) is 0 Å². The molecule has 1 aliphatic heterocycles. The van der Waals surface area contributed by atoms with Gasteiger partial charge < -0.3 is 9.80 Å². The predicted molar refractivity (Wildman–Crippen MR) is 95.4 cm³/mol. The lowest BCUT2D eigenvalue weighted by Gasteiger charge is -2.36. The molecule has 3 nitrogen and oxygen atoms in total. The summed E-state index contributed by atoms with van der Waals surface area (Å²) in [5.41, 5.74) is 0.0436. The Bertz CT molecular complexity index is 833. The molecule has 1 saturated heterocycles. The van der Waals surface area contributed by atoms with Crippen molar-refractivity contribution in [2.75, 3.05) is 31.1 Å². The molecule has 1 amide bonds. The number of hydrogen-bond donors (Lipinski definition) is 0. The lowest BCUT2D eigenvalue weighted by Crippen LogP contribution is -2.49. The van der Waals surface area contributed by atoms with E-state index in [0.29, 0.717) is 31.9 Å². The standard InChI is InChI=1S/C19H17ClF4N2O/c20-15-5-4-13(17(21)12-15)10-18(27)26-8-6-25(7-9-26)16-3-1-2-14(11-16)19(22,23)24/h1-5,11-12H,6-10H2. The zero-order valence-corrected chi connectivity index (χ0v) is 15.0. The SMILES string of the molecule is O=C(Cc1ccc(Cl)cc1F)N1CCN(c2cccc(C(F)(F)F)c2)CC1. The minimum absolute atomic E-state index is 0.0768. The second kappa shape index (κ2) is 7.76. The lowest BCUT2D eigenvalue weighted by atomic mass is 10.1. The number of carbonyl (C=O) groups excluding carboxylic acids is 1. The van der Waals surface area contributed by atoms with Gasteiger partial charge in [0, 0.05) is 36.9 Å². The monoisotopic (exact) mass is 400 g/mol. The maximum Gasteiger partial charge on any atom is 0.416 e. The van der Waals surface area contributed by atoms with Crippen LogP contribution in [0.4, 0.5) is 23.2 Å². The van der Waals surface area contributed by atoms with Crippen molar-refractivity contribution in [2.24, 2.45) is 0 Å². The summed E-state index contributed by atoms with van der Waals surface area (Å²) in [6.45, 7) is 1.56. The average molecular weight is 401 g/mol. The van der Waals surface area contributed by atoms with Gasteiger partial charge in [0.15, 0.2) is 0 Å². The molecule has 8 heteroatoms. The molecule has 1 fully saturated rings. The number of carbonyl (C=O) groups is 1. The summed E-state index contributed by atoms with van der Waals surface area (Å²) < 4.78 is 52.4. The summed E-state index contributed by atoms with van der Waals surface area (Å²) in [7, 11) is 0. The van der Waals surface area contributed by atoms with Gasteiger partial charge in [0.2, 0.25) is 5.91 Å². The first kappa shape index (κ1) is 19.5. The van der Waals surface area contributed by atoms with E-state index in [-0.39, 0.29) is 22.9 Å². The van der Waals surface area contributed by atoms with Gasteiger partial charge in [-0.25, -0.2) is 4.39 Å². The Balaban J connectivity index is 1.61. The number of hydrogen-bond acceptors (Lipinski definition) is 2. The number of nitrogens with zero attached hydrogens (tertiary/aromatic N) is 2. The highest BCUT2D eigenvalue weighted by molar-refractivity contribution is 6.30. The molecule has 0 spiro atoms. The van der Waals surface area contributed by atoms with Crippen LogP contribution in [0.5, 0.6) is 0 Å². The fourth-order valence-corrected chi connectivity index (χ4v) is 3.19. The number of benzene rings is 2. The van der Waals surface area contributed by atoms with E-state index in [4.69, 9.17) is 11.6 Å².